The quantitative estimate of drug-likeness (QED) is 0.642. The van der Waals surface area contributed by atoms with Crippen LogP contribution < -0.4 is 0 Å². The summed E-state index contributed by atoms with van der Waals surface area (Å²) in [6.07, 6.45) is 2.98. The monoisotopic (exact) mass is 389 g/mol. The Morgan fingerprint density at radius 1 is 1.30 bits per heavy atom. The van der Waals surface area contributed by atoms with Crippen LogP contribution in [0.4, 0.5) is 8.78 Å². The molecule has 5 nitrogen and oxygen atoms in total. The van der Waals surface area contributed by atoms with E-state index in [1.54, 1.807) is 20.9 Å². The highest BCUT2D eigenvalue weighted by molar-refractivity contribution is 7.15. The normalized spacial score (nSPS) is 17.4. The lowest BCUT2D eigenvalue weighted by Gasteiger charge is -2.32. The third-order valence-corrected chi connectivity index (χ3v) is 5.66. The van der Waals surface area contributed by atoms with Crippen LogP contribution in [0.1, 0.15) is 39.4 Å². The molecule has 0 radical (unpaired) electrons. The van der Waals surface area contributed by atoms with E-state index in [4.69, 9.17) is 0 Å². The summed E-state index contributed by atoms with van der Waals surface area (Å²) in [5, 5.41) is 1.75. The van der Waals surface area contributed by atoms with Gasteiger partial charge in [-0.15, -0.1) is 11.3 Å². The third-order valence-electron chi connectivity index (χ3n) is 4.82. The highest BCUT2D eigenvalue weighted by Gasteiger charge is 2.31. The zero-order chi connectivity index (χ0) is 19.1. The number of carbonyl (C=O) groups excluding carboxylic acids is 2. The van der Waals surface area contributed by atoms with Gasteiger partial charge in [-0.2, -0.15) is 0 Å². The lowest BCUT2D eigenvalue weighted by molar-refractivity contribution is 0.0630. The minimum atomic E-state index is -0.738. The first kappa shape index (κ1) is 17.8. The van der Waals surface area contributed by atoms with Gasteiger partial charge in [-0.3, -0.25) is 14.0 Å². The Labute approximate surface area is 158 Å². The van der Waals surface area contributed by atoms with Gasteiger partial charge in [0.1, 0.15) is 17.3 Å². The zero-order valence-corrected chi connectivity index (χ0v) is 15.4. The number of aromatic nitrogens is 2. The molecule has 1 aliphatic heterocycles. The zero-order valence-electron chi connectivity index (χ0n) is 14.6. The average Bonchev–Trinajstić information content (AvgIpc) is 3.21. The molecule has 1 atom stereocenters. The number of ketones is 1. The second-order valence-corrected chi connectivity index (χ2v) is 7.57. The number of halogens is 2. The number of carbonyl (C=O) groups is 2. The minimum Gasteiger partial charge on any atom is -0.337 e. The number of likely N-dealkylation sites (tertiary alicyclic amines) is 1. The molecular formula is C19H17F2N3O2S. The second-order valence-electron chi connectivity index (χ2n) is 6.73. The number of benzene rings is 1. The Balaban J connectivity index is 1.56. The Kier molecular flexibility index (Phi) is 4.51. The molecule has 0 bridgehead atoms. The van der Waals surface area contributed by atoms with Crippen LogP contribution in [-0.2, 0) is 0 Å². The number of rotatable bonds is 3. The molecule has 140 valence electrons. The Morgan fingerprint density at radius 2 is 2.11 bits per heavy atom. The van der Waals surface area contributed by atoms with Crippen molar-refractivity contribution >= 4 is 28.0 Å². The molecule has 1 aliphatic rings. The van der Waals surface area contributed by atoms with Crippen LogP contribution in [0.25, 0.3) is 4.96 Å². The summed E-state index contributed by atoms with van der Waals surface area (Å²) in [6.45, 7) is 2.58. The van der Waals surface area contributed by atoms with Crippen molar-refractivity contribution in [1.29, 1.82) is 0 Å². The second kappa shape index (κ2) is 6.84. The Hall–Kier alpha value is -2.61. The molecule has 1 saturated heterocycles. The van der Waals surface area contributed by atoms with Gasteiger partial charge in [0.25, 0.3) is 5.91 Å². The lowest BCUT2D eigenvalue weighted by atomic mass is 9.89. The van der Waals surface area contributed by atoms with Gasteiger partial charge >= 0.3 is 0 Å². The van der Waals surface area contributed by atoms with Crippen molar-refractivity contribution in [1.82, 2.24) is 14.3 Å². The molecule has 0 aliphatic carbocycles. The summed E-state index contributed by atoms with van der Waals surface area (Å²) in [7, 11) is 0. The van der Waals surface area contributed by atoms with E-state index in [9.17, 15) is 18.4 Å². The molecule has 27 heavy (non-hydrogen) atoms. The van der Waals surface area contributed by atoms with Gasteiger partial charge < -0.3 is 4.90 Å². The van der Waals surface area contributed by atoms with E-state index < -0.39 is 23.3 Å². The molecule has 8 heteroatoms. The molecule has 2 aromatic heterocycles. The van der Waals surface area contributed by atoms with E-state index in [1.807, 2.05) is 6.92 Å². The summed E-state index contributed by atoms with van der Waals surface area (Å²) in [6, 6.07) is 2.87. The fraction of sp³-hybridized carbons (Fsp3) is 0.316. The van der Waals surface area contributed by atoms with E-state index in [0.29, 0.717) is 25.1 Å². The van der Waals surface area contributed by atoms with Crippen molar-refractivity contribution in [2.75, 3.05) is 13.1 Å². The van der Waals surface area contributed by atoms with Crippen LogP contribution in [0, 0.1) is 24.5 Å². The molecule has 1 fully saturated rings. The molecule has 1 aromatic carbocycles. The molecule has 3 heterocycles. The number of piperidine rings is 1. The molecule has 4 rings (SSSR count). The Morgan fingerprint density at radius 3 is 2.93 bits per heavy atom. The lowest BCUT2D eigenvalue weighted by Crippen LogP contribution is -2.42. The fourth-order valence-electron chi connectivity index (χ4n) is 3.49. The predicted octanol–water partition coefficient (Wildman–Crippen LogP) is 3.72. The number of aryl methyl sites for hydroxylation is 1. The van der Waals surface area contributed by atoms with Gasteiger partial charge in [0.05, 0.1) is 11.3 Å². The molecular weight excluding hydrogens is 372 g/mol. The van der Waals surface area contributed by atoms with Crippen molar-refractivity contribution < 1.29 is 18.4 Å². The number of nitrogens with zero attached hydrogens (tertiary/aromatic N) is 3. The smallest absolute Gasteiger partial charge is 0.271 e. The first-order chi connectivity index (χ1) is 12.9. The van der Waals surface area contributed by atoms with Gasteiger partial charge in [-0.25, -0.2) is 13.8 Å². The van der Waals surface area contributed by atoms with Gasteiger partial charge in [-0.05, 0) is 38.0 Å². The van der Waals surface area contributed by atoms with Crippen molar-refractivity contribution in [2.24, 2.45) is 5.92 Å². The van der Waals surface area contributed by atoms with Crippen LogP contribution in [0.15, 0.2) is 29.8 Å². The van der Waals surface area contributed by atoms with E-state index in [0.717, 1.165) is 28.9 Å². The third kappa shape index (κ3) is 3.25. The highest BCUT2D eigenvalue weighted by Crippen LogP contribution is 2.25. The van der Waals surface area contributed by atoms with Gasteiger partial charge in [0.15, 0.2) is 10.7 Å². The highest BCUT2D eigenvalue weighted by atomic mass is 32.1. The van der Waals surface area contributed by atoms with E-state index in [1.165, 1.54) is 11.3 Å². The summed E-state index contributed by atoms with van der Waals surface area (Å²) in [5.41, 5.74) is 1.07. The molecule has 0 spiro atoms. The van der Waals surface area contributed by atoms with Gasteiger partial charge in [0.2, 0.25) is 0 Å². The largest absolute Gasteiger partial charge is 0.337 e. The predicted molar refractivity (Wildman–Crippen MR) is 97.1 cm³/mol. The van der Waals surface area contributed by atoms with Gasteiger partial charge in [-0.1, -0.05) is 0 Å². The number of hydrogen-bond acceptors (Lipinski definition) is 4. The minimum absolute atomic E-state index is 0.184. The summed E-state index contributed by atoms with van der Waals surface area (Å²) in [5.74, 6) is -2.58. The maximum atomic E-state index is 14.0. The topological polar surface area (TPSA) is 54.7 Å². The van der Waals surface area contributed by atoms with E-state index in [2.05, 4.69) is 4.98 Å². The summed E-state index contributed by atoms with van der Waals surface area (Å²) in [4.78, 5) is 32.3. The van der Waals surface area contributed by atoms with Crippen LogP contribution in [-0.4, -0.2) is 39.1 Å². The molecule has 3 aromatic rings. The van der Waals surface area contributed by atoms with Gasteiger partial charge in [0, 0.05) is 30.6 Å². The number of hydrogen-bond donors (Lipinski definition) is 0. The first-order valence-electron chi connectivity index (χ1n) is 8.66. The van der Waals surface area contributed by atoms with Crippen LogP contribution in [0.3, 0.4) is 0 Å². The molecule has 0 saturated carbocycles. The number of amides is 1. The maximum Gasteiger partial charge on any atom is 0.271 e. The molecule has 0 unspecified atom stereocenters. The number of fused-ring (bicyclic) bond motifs is 1. The Bertz CT molecular complexity index is 1040. The van der Waals surface area contributed by atoms with Crippen LogP contribution in [0.2, 0.25) is 0 Å². The number of Topliss-reactive ketones (excluding diaryl/α,β-unsaturated/α-hetero) is 1. The molecule has 1 amide bonds. The average molecular weight is 389 g/mol. The van der Waals surface area contributed by atoms with Crippen molar-refractivity contribution in [3.8, 4) is 0 Å². The van der Waals surface area contributed by atoms with Crippen molar-refractivity contribution in [2.45, 2.75) is 19.8 Å². The molecule has 0 N–H and O–H groups in total. The number of thiazole rings is 1. The standard InChI is InChI=1S/C19H17F2N3O2S/c1-11-8-24-16(10-27-19(24)22-11)18(26)23-6-2-3-12(9-23)17(25)14-7-13(20)4-5-15(14)21/h4-5,7-8,10,12H,2-3,6,9H2,1H3/t12-/m0/s1. The SMILES string of the molecule is Cc1cn2c(C(=O)N3CCC[C@H](C(=O)c4cc(F)ccc4F)C3)csc2n1. The summed E-state index contributed by atoms with van der Waals surface area (Å²) < 4.78 is 29.1. The maximum absolute atomic E-state index is 14.0. The van der Waals surface area contributed by atoms with Crippen molar-refractivity contribution in [3.63, 3.8) is 0 Å². The van der Waals surface area contributed by atoms with Crippen LogP contribution >= 0.6 is 11.3 Å². The van der Waals surface area contributed by atoms with Crippen LogP contribution in [0.5, 0.6) is 0 Å². The van der Waals surface area contributed by atoms with E-state index in [-0.39, 0.29) is 18.0 Å². The fourth-order valence-corrected chi connectivity index (χ4v) is 4.39. The summed E-state index contributed by atoms with van der Waals surface area (Å²) >= 11 is 1.38. The first-order valence-corrected chi connectivity index (χ1v) is 9.53. The van der Waals surface area contributed by atoms with E-state index >= 15 is 0 Å². The van der Waals surface area contributed by atoms with Crippen molar-refractivity contribution in [3.05, 3.63) is 58.4 Å². The number of imidazole rings is 1.